The number of carbonyl (C=O) groups is 1. The highest BCUT2D eigenvalue weighted by molar-refractivity contribution is 7.47. The Bertz CT molecular complexity index is 871. The Hall–Kier alpha value is -1.28. The van der Waals surface area contributed by atoms with Crippen LogP contribution in [0.2, 0.25) is 0 Å². The molecule has 0 heterocycles. The molecule has 3 unspecified atom stereocenters. The van der Waals surface area contributed by atoms with Crippen LogP contribution in [0.4, 0.5) is 0 Å². The zero-order chi connectivity index (χ0) is 35.1. The van der Waals surface area contributed by atoms with Crippen molar-refractivity contribution < 1.29 is 32.9 Å². The lowest BCUT2D eigenvalue weighted by atomic mass is 10.1. The van der Waals surface area contributed by atoms with E-state index < -0.39 is 20.0 Å². The van der Waals surface area contributed by atoms with Gasteiger partial charge in [-0.2, -0.15) is 0 Å². The molecule has 3 atom stereocenters. The summed E-state index contributed by atoms with van der Waals surface area (Å²) in [7, 11) is 1.54. The molecule has 0 aromatic carbocycles. The van der Waals surface area contributed by atoms with Crippen LogP contribution >= 0.6 is 7.82 Å². The van der Waals surface area contributed by atoms with E-state index in [0.717, 1.165) is 57.8 Å². The molecule has 0 bridgehead atoms. The predicted octanol–water partition coefficient (Wildman–Crippen LogP) is 9.57. The molecule has 9 heteroatoms. The first kappa shape index (κ1) is 45.7. The molecule has 0 saturated heterocycles. The average Bonchev–Trinajstić information content (AvgIpc) is 3.01. The van der Waals surface area contributed by atoms with E-state index in [0.29, 0.717) is 17.4 Å². The largest absolute Gasteiger partial charge is 0.472 e. The summed E-state index contributed by atoms with van der Waals surface area (Å²) in [5, 5.41) is 13.7. The van der Waals surface area contributed by atoms with E-state index in [2.05, 4.69) is 43.5 Å². The smallest absolute Gasteiger partial charge is 0.387 e. The number of nitrogens with one attached hydrogen (secondary N) is 1. The van der Waals surface area contributed by atoms with Crippen molar-refractivity contribution in [2.24, 2.45) is 0 Å². The summed E-state index contributed by atoms with van der Waals surface area (Å²) in [6, 6.07) is -0.864. The fourth-order valence-corrected chi connectivity index (χ4v) is 5.71. The zero-order valence-electron chi connectivity index (χ0n) is 31.0. The molecule has 0 rings (SSSR count). The third kappa shape index (κ3) is 33.0. The molecule has 3 N–H and O–H groups in total. The molecule has 8 nitrogen and oxygen atoms in total. The average molecular weight is 686 g/mol. The van der Waals surface area contributed by atoms with Gasteiger partial charge in [-0.05, 0) is 51.4 Å². The molecule has 1 amide bonds. The van der Waals surface area contributed by atoms with Crippen LogP contribution in [-0.4, -0.2) is 73.4 Å². The minimum absolute atomic E-state index is 0.0535. The van der Waals surface area contributed by atoms with Crippen molar-refractivity contribution >= 4 is 13.7 Å². The number of aliphatic hydroxyl groups is 1. The third-order valence-corrected chi connectivity index (χ3v) is 9.07. The second-order valence-corrected chi connectivity index (χ2v) is 15.4. The van der Waals surface area contributed by atoms with Gasteiger partial charge in [0.25, 0.3) is 0 Å². The predicted molar refractivity (Wildman–Crippen MR) is 198 cm³/mol. The van der Waals surface area contributed by atoms with Crippen molar-refractivity contribution in [3.63, 3.8) is 0 Å². The van der Waals surface area contributed by atoms with Crippen molar-refractivity contribution in [3.8, 4) is 0 Å². The molecule has 0 radical (unpaired) electrons. The number of phosphoric ester groups is 1. The Morgan fingerprint density at radius 1 is 0.702 bits per heavy atom. The highest BCUT2D eigenvalue weighted by Crippen LogP contribution is 2.43. The normalized spacial score (nSPS) is 15.1. The lowest BCUT2D eigenvalue weighted by molar-refractivity contribution is -0.870. The number of likely N-dealkylation sites (N-methyl/N-ethyl adjacent to an activating group) is 1. The van der Waals surface area contributed by atoms with Gasteiger partial charge in [0.15, 0.2) is 0 Å². The van der Waals surface area contributed by atoms with Gasteiger partial charge in [0.05, 0.1) is 39.9 Å². The van der Waals surface area contributed by atoms with E-state index in [1.807, 2.05) is 27.2 Å². The molecule has 0 saturated carbocycles. The Morgan fingerprint density at radius 3 is 1.77 bits per heavy atom. The number of carbonyl (C=O) groups excluding carboxylic acids is 1. The summed E-state index contributed by atoms with van der Waals surface area (Å²) in [5.74, 6) is -0.205. The fraction of sp³-hybridized carbons (Fsp3) is 0.816. The van der Waals surface area contributed by atoms with Gasteiger partial charge < -0.3 is 19.8 Å². The first-order chi connectivity index (χ1) is 22.5. The van der Waals surface area contributed by atoms with Gasteiger partial charge in [-0.1, -0.05) is 127 Å². The summed E-state index contributed by atoms with van der Waals surface area (Å²) < 4.78 is 23.4. The molecular formula is C38H74N2O6P+. The number of aliphatic hydroxyl groups excluding tert-OH is 1. The summed E-state index contributed by atoms with van der Waals surface area (Å²) in [6.45, 7) is 4.70. The Kier molecular flexibility index (Phi) is 29.9. The van der Waals surface area contributed by atoms with Crippen molar-refractivity contribution in [1.82, 2.24) is 5.32 Å². The minimum atomic E-state index is -4.34. The molecule has 0 aromatic heterocycles. The number of hydrogen-bond donors (Lipinski definition) is 3. The lowest BCUT2D eigenvalue weighted by Gasteiger charge is -2.25. The van der Waals surface area contributed by atoms with Gasteiger partial charge >= 0.3 is 7.82 Å². The number of amides is 1. The molecule has 0 aliphatic rings. The van der Waals surface area contributed by atoms with Crippen LogP contribution in [0.1, 0.15) is 149 Å². The van der Waals surface area contributed by atoms with Crippen molar-refractivity contribution in [2.75, 3.05) is 40.9 Å². The van der Waals surface area contributed by atoms with E-state index in [4.69, 9.17) is 9.05 Å². The van der Waals surface area contributed by atoms with Crippen LogP contribution in [0.5, 0.6) is 0 Å². The molecule has 47 heavy (non-hydrogen) atoms. The second-order valence-electron chi connectivity index (χ2n) is 13.9. The van der Waals surface area contributed by atoms with E-state index in [9.17, 15) is 19.4 Å². The zero-order valence-corrected chi connectivity index (χ0v) is 31.9. The van der Waals surface area contributed by atoms with Crippen LogP contribution in [0, 0.1) is 0 Å². The van der Waals surface area contributed by atoms with E-state index in [1.165, 1.54) is 70.6 Å². The summed E-state index contributed by atoms with van der Waals surface area (Å²) in [5.41, 5.74) is 0. The Balaban J connectivity index is 4.62. The molecule has 0 aliphatic heterocycles. The molecular weight excluding hydrogens is 611 g/mol. The molecule has 0 fully saturated rings. The number of unbranched alkanes of at least 4 members (excludes halogenated alkanes) is 16. The van der Waals surface area contributed by atoms with E-state index in [-0.39, 0.29) is 19.1 Å². The Labute approximate surface area is 289 Å². The van der Waals surface area contributed by atoms with Gasteiger partial charge in [-0.3, -0.25) is 13.8 Å². The minimum Gasteiger partial charge on any atom is -0.387 e. The Morgan fingerprint density at radius 2 is 1.19 bits per heavy atom. The van der Waals surface area contributed by atoms with Crippen molar-refractivity contribution in [2.45, 2.75) is 161 Å². The van der Waals surface area contributed by atoms with Gasteiger partial charge in [0.2, 0.25) is 5.91 Å². The van der Waals surface area contributed by atoms with Gasteiger partial charge in [-0.15, -0.1) is 0 Å². The summed E-state index contributed by atoms with van der Waals surface area (Å²) in [6.07, 6.45) is 35.0. The first-order valence-electron chi connectivity index (χ1n) is 18.9. The summed E-state index contributed by atoms with van der Waals surface area (Å²) >= 11 is 0. The molecule has 0 aliphatic carbocycles. The first-order valence-corrected chi connectivity index (χ1v) is 20.4. The van der Waals surface area contributed by atoms with Gasteiger partial charge in [-0.25, -0.2) is 4.57 Å². The number of rotatable bonds is 33. The monoisotopic (exact) mass is 686 g/mol. The van der Waals surface area contributed by atoms with Crippen molar-refractivity contribution in [1.29, 1.82) is 0 Å². The highest BCUT2D eigenvalue weighted by Gasteiger charge is 2.27. The van der Waals surface area contributed by atoms with E-state index in [1.54, 1.807) is 6.08 Å². The number of phosphoric acid groups is 1. The molecule has 276 valence electrons. The number of quaternary nitrogens is 1. The maximum Gasteiger partial charge on any atom is 0.472 e. The fourth-order valence-electron chi connectivity index (χ4n) is 4.98. The quantitative estimate of drug-likeness (QED) is 0.0275. The van der Waals surface area contributed by atoms with Crippen LogP contribution in [-0.2, 0) is 18.4 Å². The van der Waals surface area contributed by atoms with Crippen LogP contribution in [0.25, 0.3) is 0 Å². The number of nitrogens with zero attached hydrogens (tertiary/aromatic N) is 1. The van der Waals surface area contributed by atoms with Crippen LogP contribution < -0.4 is 5.32 Å². The van der Waals surface area contributed by atoms with Crippen LogP contribution in [0.15, 0.2) is 36.5 Å². The van der Waals surface area contributed by atoms with Crippen molar-refractivity contribution in [3.05, 3.63) is 36.5 Å². The third-order valence-electron chi connectivity index (χ3n) is 8.08. The number of allylic oxidation sites excluding steroid dienone is 5. The SMILES string of the molecule is CCCC/C=C\CCCCCCC(=O)NC(COP(=O)(O)OCC[N+](C)(C)C)C(O)/C=C/CC/C=C/CCCCCCCCCCC. The maximum atomic E-state index is 12.7. The topological polar surface area (TPSA) is 105 Å². The lowest BCUT2D eigenvalue weighted by Crippen LogP contribution is -2.45. The van der Waals surface area contributed by atoms with E-state index >= 15 is 0 Å². The number of hydrogen-bond acceptors (Lipinski definition) is 5. The summed E-state index contributed by atoms with van der Waals surface area (Å²) in [4.78, 5) is 22.9. The van der Waals surface area contributed by atoms with Gasteiger partial charge in [0, 0.05) is 6.42 Å². The molecule has 0 aromatic rings. The maximum absolute atomic E-state index is 12.7. The van der Waals surface area contributed by atoms with Crippen LogP contribution in [0.3, 0.4) is 0 Å². The highest BCUT2D eigenvalue weighted by atomic mass is 31.2. The standard InChI is InChI=1S/C38H73N2O6P/c1-6-8-10-12-14-16-18-19-20-21-22-23-25-27-29-31-37(41)36(35-46-47(43,44)45-34-33-40(3,4)5)39-38(42)32-30-28-26-24-17-15-13-11-9-7-2/h13,15,22-23,29,31,36-37,41H,6-12,14,16-21,24-28,30,32-35H2,1-5H3,(H-,39,42,43,44)/p+1/b15-13-,23-22+,31-29+. The molecule has 0 spiro atoms. The van der Waals surface area contributed by atoms with Gasteiger partial charge in [0.1, 0.15) is 13.2 Å². The second kappa shape index (κ2) is 30.8.